The molecule has 0 unspecified atom stereocenters. The van der Waals surface area contributed by atoms with Crippen molar-refractivity contribution in [1.82, 2.24) is 15.6 Å². The standard InChI is InChI=1S/C25H20ClN5O4/c1-16(17-6-10-20(11-7-17)31(33)34)27-30-25(32)24-14-23(28-29-24)18-8-12-21(13-9-18)35-15-19-4-2-3-5-22(19)26/h2-14H,15H2,1H3,(H,28,29)(H,30,32). The third-order valence-corrected chi connectivity index (χ3v) is 5.51. The van der Waals surface area contributed by atoms with Crippen LogP contribution in [0.5, 0.6) is 5.75 Å². The molecule has 3 aromatic carbocycles. The van der Waals surface area contributed by atoms with E-state index in [2.05, 4.69) is 20.7 Å². The molecule has 0 saturated carbocycles. The van der Waals surface area contributed by atoms with Crippen molar-refractivity contribution in [3.63, 3.8) is 0 Å². The molecule has 4 rings (SSSR count). The van der Waals surface area contributed by atoms with E-state index in [1.165, 1.54) is 12.1 Å². The largest absolute Gasteiger partial charge is 0.489 e. The van der Waals surface area contributed by atoms with Crippen LogP contribution in [0.15, 0.2) is 84.0 Å². The third-order valence-electron chi connectivity index (χ3n) is 5.15. The fourth-order valence-corrected chi connectivity index (χ4v) is 3.36. The van der Waals surface area contributed by atoms with Crippen LogP contribution in [0.25, 0.3) is 11.3 Å². The predicted octanol–water partition coefficient (Wildman–Crippen LogP) is 5.37. The van der Waals surface area contributed by atoms with Crippen molar-refractivity contribution >= 4 is 28.9 Å². The van der Waals surface area contributed by atoms with Gasteiger partial charge in [0, 0.05) is 28.3 Å². The van der Waals surface area contributed by atoms with Crippen LogP contribution in [-0.2, 0) is 6.61 Å². The molecular weight excluding hydrogens is 470 g/mol. The number of non-ortho nitro benzene ring substituents is 1. The zero-order valence-corrected chi connectivity index (χ0v) is 19.3. The number of ether oxygens (including phenoxy) is 1. The van der Waals surface area contributed by atoms with E-state index in [-0.39, 0.29) is 11.4 Å². The number of hydrogen-bond acceptors (Lipinski definition) is 6. The van der Waals surface area contributed by atoms with Crippen LogP contribution in [0.3, 0.4) is 0 Å². The Morgan fingerprint density at radius 2 is 1.83 bits per heavy atom. The molecule has 0 fully saturated rings. The number of nitrogens with zero attached hydrogens (tertiary/aromatic N) is 3. The van der Waals surface area contributed by atoms with Crippen molar-refractivity contribution < 1.29 is 14.5 Å². The lowest BCUT2D eigenvalue weighted by atomic mass is 10.1. The minimum atomic E-state index is -0.477. The monoisotopic (exact) mass is 489 g/mol. The molecule has 4 aromatic rings. The number of aromatic amines is 1. The molecule has 0 spiro atoms. The number of H-pyrrole nitrogens is 1. The summed E-state index contributed by atoms with van der Waals surface area (Å²) in [4.78, 5) is 22.8. The Morgan fingerprint density at radius 3 is 2.51 bits per heavy atom. The highest BCUT2D eigenvalue weighted by Crippen LogP contribution is 2.23. The fourth-order valence-electron chi connectivity index (χ4n) is 3.17. The lowest BCUT2D eigenvalue weighted by molar-refractivity contribution is -0.384. The number of benzene rings is 3. The highest BCUT2D eigenvalue weighted by molar-refractivity contribution is 6.31. The predicted molar refractivity (Wildman–Crippen MR) is 133 cm³/mol. The summed E-state index contributed by atoms with van der Waals surface area (Å²) >= 11 is 6.16. The smallest absolute Gasteiger partial charge is 0.289 e. The van der Waals surface area contributed by atoms with Gasteiger partial charge in [-0.2, -0.15) is 10.2 Å². The molecule has 1 aromatic heterocycles. The number of nitro benzene ring substituents is 1. The number of aromatic nitrogens is 2. The lowest BCUT2D eigenvalue weighted by Gasteiger charge is -2.08. The number of carbonyl (C=O) groups excluding carboxylic acids is 1. The number of amides is 1. The van der Waals surface area contributed by atoms with Gasteiger partial charge in [0.15, 0.2) is 0 Å². The molecule has 0 saturated heterocycles. The first kappa shape index (κ1) is 23.7. The Morgan fingerprint density at radius 1 is 1.11 bits per heavy atom. The van der Waals surface area contributed by atoms with E-state index in [9.17, 15) is 14.9 Å². The topological polar surface area (TPSA) is 123 Å². The van der Waals surface area contributed by atoms with Gasteiger partial charge in [-0.3, -0.25) is 20.0 Å². The summed E-state index contributed by atoms with van der Waals surface area (Å²) < 4.78 is 5.79. The van der Waals surface area contributed by atoms with E-state index in [1.807, 2.05) is 48.5 Å². The normalized spacial score (nSPS) is 11.2. The lowest BCUT2D eigenvalue weighted by Crippen LogP contribution is -2.19. The van der Waals surface area contributed by atoms with Crippen LogP contribution in [0, 0.1) is 10.1 Å². The minimum absolute atomic E-state index is 0.0178. The first-order chi connectivity index (χ1) is 16.9. The first-order valence-electron chi connectivity index (χ1n) is 10.5. The van der Waals surface area contributed by atoms with Crippen molar-refractivity contribution in [2.75, 3.05) is 0 Å². The molecule has 0 aliphatic carbocycles. The van der Waals surface area contributed by atoms with E-state index in [0.717, 1.165) is 11.1 Å². The van der Waals surface area contributed by atoms with Gasteiger partial charge >= 0.3 is 0 Å². The number of hydrogen-bond donors (Lipinski definition) is 2. The van der Waals surface area contributed by atoms with E-state index in [1.54, 1.807) is 25.1 Å². The Hall–Kier alpha value is -4.50. The summed E-state index contributed by atoms with van der Waals surface area (Å²) in [6, 6.07) is 22.3. The highest BCUT2D eigenvalue weighted by atomic mass is 35.5. The number of nitrogens with one attached hydrogen (secondary N) is 2. The van der Waals surface area contributed by atoms with Crippen molar-refractivity contribution in [2.45, 2.75) is 13.5 Å². The molecule has 1 heterocycles. The number of hydrazone groups is 1. The van der Waals surface area contributed by atoms with Gasteiger partial charge in [-0.1, -0.05) is 29.8 Å². The van der Waals surface area contributed by atoms with Crippen LogP contribution in [0.1, 0.15) is 28.5 Å². The number of nitro groups is 1. The summed E-state index contributed by atoms with van der Waals surface area (Å²) in [5.74, 6) is 0.211. The summed E-state index contributed by atoms with van der Waals surface area (Å²) in [5.41, 5.74) is 6.11. The molecule has 2 N–H and O–H groups in total. The molecule has 35 heavy (non-hydrogen) atoms. The van der Waals surface area contributed by atoms with Crippen LogP contribution >= 0.6 is 11.6 Å². The third kappa shape index (κ3) is 5.90. The molecule has 0 atom stereocenters. The van der Waals surface area contributed by atoms with Gasteiger partial charge in [-0.25, -0.2) is 5.43 Å². The van der Waals surface area contributed by atoms with Crippen LogP contribution in [0.2, 0.25) is 5.02 Å². The number of carbonyl (C=O) groups is 1. The van der Waals surface area contributed by atoms with Crippen molar-refractivity contribution in [1.29, 1.82) is 0 Å². The van der Waals surface area contributed by atoms with Crippen molar-refractivity contribution in [2.24, 2.45) is 5.10 Å². The average Bonchev–Trinajstić information content (AvgIpc) is 3.37. The maximum atomic E-state index is 12.5. The molecule has 176 valence electrons. The molecule has 9 nitrogen and oxygen atoms in total. The maximum absolute atomic E-state index is 12.5. The average molecular weight is 490 g/mol. The second-order valence-corrected chi connectivity index (χ2v) is 7.92. The molecule has 0 radical (unpaired) electrons. The fraction of sp³-hybridized carbons (Fsp3) is 0.0800. The van der Waals surface area contributed by atoms with Gasteiger partial charge in [-0.15, -0.1) is 0 Å². The maximum Gasteiger partial charge on any atom is 0.289 e. The van der Waals surface area contributed by atoms with E-state index in [0.29, 0.717) is 34.3 Å². The van der Waals surface area contributed by atoms with Crippen LogP contribution < -0.4 is 10.2 Å². The number of halogens is 1. The Bertz CT molecular complexity index is 1380. The van der Waals surface area contributed by atoms with Gasteiger partial charge in [-0.05, 0) is 61.0 Å². The second-order valence-electron chi connectivity index (χ2n) is 7.51. The first-order valence-corrected chi connectivity index (χ1v) is 10.9. The van der Waals surface area contributed by atoms with Gasteiger partial charge in [0.1, 0.15) is 18.1 Å². The Balaban J connectivity index is 1.36. The number of rotatable bonds is 8. The molecular formula is C25H20ClN5O4. The van der Waals surface area contributed by atoms with Crippen molar-refractivity contribution in [3.8, 4) is 17.0 Å². The summed E-state index contributed by atoms with van der Waals surface area (Å²) in [7, 11) is 0. The van der Waals surface area contributed by atoms with Gasteiger partial charge in [0.2, 0.25) is 0 Å². The SMILES string of the molecule is CC(=NNC(=O)c1cc(-c2ccc(OCc3ccccc3Cl)cc2)n[nH]1)c1ccc([N+](=O)[O-])cc1. The second kappa shape index (κ2) is 10.6. The van der Waals surface area contributed by atoms with Gasteiger partial charge < -0.3 is 4.74 Å². The van der Waals surface area contributed by atoms with Gasteiger partial charge in [0.05, 0.1) is 16.3 Å². The molecule has 0 aliphatic heterocycles. The van der Waals surface area contributed by atoms with Crippen LogP contribution in [-0.4, -0.2) is 26.7 Å². The molecule has 10 heteroatoms. The van der Waals surface area contributed by atoms with E-state index >= 15 is 0 Å². The zero-order valence-electron chi connectivity index (χ0n) is 18.6. The van der Waals surface area contributed by atoms with E-state index in [4.69, 9.17) is 16.3 Å². The van der Waals surface area contributed by atoms with Gasteiger partial charge in [0.25, 0.3) is 11.6 Å². The van der Waals surface area contributed by atoms with Crippen LogP contribution in [0.4, 0.5) is 5.69 Å². The summed E-state index contributed by atoms with van der Waals surface area (Å²) in [6.07, 6.45) is 0. The Labute approximate surface area is 205 Å². The van der Waals surface area contributed by atoms with E-state index < -0.39 is 10.8 Å². The zero-order chi connectivity index (χ0) is 24.8. The minimum Gasteiger partial charge on any atom is -0.489 e. The Kier molecular flexibility index (Phi) is 7.18. The summed E-state index contributed by atoms with van der Waals surface area (Å²) in [5, 5.41) is 22.4. The molecule has 1 amide bonds. The molecule has 0 bridgehead atoms. The van der Waals surface area contributed by atoms with Crippen molar-refractivity contribution in [3.05, 3.63) is 111 Å². The quantitative estimate of drug-likeness (QED) is 0.195. The highest BCUT2D eigenvalue weighted by Gasteiger charge is 2.12. The summed E-state index contributed by atoms with van der Waals surface area (Å²) in [6.45, 7) is 2.04. The molecule has 0 aliphatic rings.